The van der Waals surface area contributed by atoms with E-state index in [1.807, 2.05) is 18.2 Å². The van der Waals surface area contributed by atoms with Crippen molar-refractivity contribution in [2.24, 2.45) is 0 Å². The fourth-order valence-electron chi connectivity index (χ4n) is 2.84. The van der Waals surface area contributed by atoms with E-state index in [0.717, 1.165) is 25.2 Å². The van der Waals surface area contributed by atoms with E-state index in [9.17, 15) is 4.39 Å². The van der Waals surface area contributed by atoms with E-state index < -0.39 is 0 Å². The minimum absolute atomic E-state index is 0.0502. The van der Waals surface area contributed by atoms with Crippen molar-refractivity contribution in [1.82, 2.24) is 4.90 Å². The molecule has 3 rings (SSSR count). The van der Waals surface area contributed by atoms with Gasteiger partial charge in [-0.05, 0) is 29.8 Å². The maximum atomic E-state index is 13.2. The van der Waals surface area contributed by atoms with Gasteiger partial charge in [-0.3, -0.25) is 4.90 Å². The molecule has 4 nitrogen and oxygen atoms in total. The molecule has 1 saturated heterocycles. The first-order chi connectivity index (χ1) is 12.1. The van der Waals surface area contributed by atoms with E-state index >= 15 is 0 Å². The van der Waals surface area contributed by atoms with Gasteiger partial charge in [-0.25, -0.2) is 4.39 Å². The van der Waals surface area contributed by atoms with Gasteiger partial charge in [-0.1, -0.05) is 23.7 Å². The van der Waals surface area contributed by atoms with Crippen molar-refractivity contribution in [2.75, 3.05) is 33.4 Å². The van der Waals surface area contributed by atoms with Crippen LogP contribution in [0, 0.1) is 5.82 Å². The normalized spacial score (nSPS) is 18.1. The van der Waals surface area contributed by atoms with Crippen molar-refractivity contribution in [1.29, 1.82) is 0 Å². The molecule has 1 fully saturated rings. The Hall–Kier alpha value is -1.82. The lowest BCUT2D eigenvalue weighted by Gasteiger charge is -2.32. The summed E-state index contributed by atoms with van der Waals surface area (Å²) in [5.74, 6) is 0.886. The van der Waals surface area contributed by atoms with E-state index in [1.165, 1.54) is 12.1 Å². The highest BCUT2D eigenvalue weighted by atomic mass is 35.5. The molecule has 25 heavy (non-hydrogen) atoms. The number of ether oxygens (including phenoxy) is 3. The molecule has 0 amide bonds. The summed E-state index contributed by atoms with van der Waals surface area (Å²) in [6.07, 6.45) is -0.0502. The number of rotatable bonds is 6. The van der Waals surface area contributed by atoms with Crippen molar-refractivity contribution in [3.63, 3.8) is 0 Å². The fourth-order valence-corrected chi connectivity index (χ4v) is 3.12. The second kappa shape index (κ2) is 8.52. The van der Waals surface area contributed by atoms with Crippen LogP contribution in [-0.4, -0.2) is 44.4 Å². The van der Waals surface area contributed by atoms with Crippen molar-refractivity contribution in [3.05, 3.63) is 58.9 Å². The number of morpholine rings is 1. The smallest absolute Gasteiger partial charge is 0.137 e. The van der Waals surface area contributed by atoms with Crippen LogP contribution in [0.15, 0.2) is 42.5 Å². The second-order valence-corrected chi connectivity index (χ2v) is 6.37. The predicted molar refractivity (Wildman–Crippen MR) is 94.9 cm³/mol. The molecule has 0 spiro atoms. The van der Waals surface area contributed by atoms with Crippen LogP contribution < -0.4 is 9.47 Å². The molecule has 0 N–H and O–H groups in total. The Bertz CT molecular complexity index is 713. The highest BCUT2D eigenvalue weighted by Gasteiger charge is 2.21. The van der Waals surface area contributed by atoms with E-state index in [1.54, 1.807) is 19.2 Å². The molecule has 6 heteroatoms. The summed E-state index contributed by atoms with van der Waals surface area (Å²) in [7, 11) is 1.60. The van der Waals surface area contributed by atoms with Crippen molar-refractivity contribution >= 4 is 11.6 Å². The summed E-state index contributed by atoms with van der Waals surface area (Å²) in [6.45, 7) is 3.41. The van der Waals surface area contributed by atoms with Crippen molar-refractivity contribution < 1.29 is 18.6 Å². The monoisotopic (exact) mass is 365 g/mol. The van der Waals surface area contributed by atoms with Crippen LogP contribution in [-0.2, 0) is 11.3 Å². The molecule has 1 heterocycles. The van der Waals surface area contributed by atoms with Crippen molar-refractivity contribution in [3.8, 4) is 11.5 Å². The average Bonchev–Trinajstić information content (AvgIpc) is 2.61. The minimum Gasteiger partial charge on any atom is -0.495 e. The van der Waals surface area contributed by atoms with Crippen LogP contribution in [0.1, 0.15) is 5.56 Å². The first-order valence-corrected chi connectivity index (χ1v) is 8.56. The standard InChI is InChI=1S/C19H21ClFNO3/c1-23-19-6-5-14(9-18(19)20)11-22-7-8-24-17(12-22)13-25-16-4-2-3-15(21)10-16/h2-6,9-10,17H,7-8,11-13H2,1H3/t17-/m0/s1. The maximum absolute atomic E-state index is 13.2. The third-order valence-corrected chi connectivity index (χ3v) is 4.37. The second-order valence-electron chi connectivity index (χ2n) is 5.97. The van der Waals surface area contributed by atoms with Crippen LogP contribution >= 0.6 is 11.6 Å². The Balaban J connectivity index is 1.53. The molecule has 0 saturated carbocycles. The molecule has 0 unspecified atom stereocenters. The van der Waals surface area contributed by atoms with Gasteiger partial charge < -0.3 is 14.2 Å². The molecular formula is C19H21ClFNO3. The van der Waals surface area contributed by atoms with Crippen LogP contribution in [0.5, 0.6) is 11.5 Å². The van der Waals surface area contributed by atoms with Gasteiger partial charge in [0.05, 0.1) is 18.7 Å². The Kier molecular flexibility index (Phi) is 6.13. The molecule has 0 aliphatic carbocycles. The van der Waals surface area contributed by atoms with Crippen LogP contribution in [0.4, 0.5) is 4.39 Å². The first-order valence-electron chi connectivity index (χ1n) is 8.19. The zero-order valence-electron chi connectivity index (χ0n) is 14.1. The van der Waals surface area contributed by atoms with Gasteiger partial charge in [0.25, 0.3) is 0 Å². The molecule has 134 valence electrons. The molecule has 2 aromatic rings. The maximum Gasteiger partial charge on any atom is 0.137 e. The molecular weight excluding hydrogens is 345 g/mol. The van der Waals surface area contributed by atoms with E-state index in [2.05, 4.69) is 4.90 Å². The molecule has 2 aromatic carbocycles. The van der Waals surface area contributed by atoms with Gasteiger partial charge in [-0.2, -0.15) is 0 Å². The van der Waals surface area contributed by atoms with E-state index in [-0.39, 0.29) is 11.9 Å². The first kappa shape index (κ1) is 18.0. The molecule has 0 radical (unpaired) electrons. The minimum atomic E-state index is -0.305. The summed E-state index contributed by atoms with van der Waals surface area (Å²) in [5.41, 5.74) is 1.12. The summed E-state index contributed by atoms with van der Waals surface area (Å²) < 4.78 is 29.8. The number of nitrogens with zero attached hydrogens (tertiary/aromatic N) is 1. The van der Waals surface area contributed by atoms with Gasteiger partial charge in [0.15, 0.2) is 0 Å². The Morgan fingerprint density at radius 1 is 1.28 bits per heavy atom. The lowest BCUT2D eigenvalue weighted by molar-refractivity contribution is -0.0504. The molecule has 1 aliphatic heterocycles. The summed E-state index contributed by atoms with van der Waals surface area (Å²) >= 11 is 6.19. The van der Waals surface area contributed by atoms with Gasteiger partial charge in [0.1, 0.15) is 30.0 Å². The number of hydrogen-bond donors (Lipinski definition) is 0. The van der Waals surface area contributed by atoms with Gasteiger partial charge >= 0.3 is 0 Å². The zero-order valence-corrected chi connectivity index (χ0v) is 14.8. The predicted octanol–water partition coefficient (Wildman–Crippen LogP) is 3.77. The zero-order chi connectivity index (χ0) is 17.6. The van der Waals surface area contributed by atoms with Crippen LogP contribution in [0.2, 0.25) is 5.02 Å². The van der Waals surface area contributed by atoms with Crippen LogP contribution in [0.3, 0.4) is 0 Å². The SMILES string of the molecule is COc1ccc(CN2CCO[C@H](COc3cccc(F)c3)C2)cc1Cl. The Morgan fingerprint density at radius 2 is 2.16 bits per heavy atom. The highest BCUT2D eigenvalue weighted by Crippen LogP contribution is 2.25. The molecule has 1 aliphatic rings. The van der Waals surface area contributed by atoms with Crippen molar-refractivity contribution in [2.45, 2.75) is 12.6 Å². The van der Waals surface area contributed by atoms with E-state index in [0.29, 0.717) is 29.7 Å². The third-order valence-electron chi connectivity index (χ3n) is 4.08. The average molecular weight is 366 g/mol. The summed E-state index contributed by atoms with van der Waals surface area (Å²) in [5, 5.41) is 0.610. The molecule has 0 bridgehead atoms. The quantitative estimate of drug-likeness (QED) is 0.779. The lowest BCUT2D eigenvalue weighted by Crippen LogP contribution is -2.44. The summed E-state index contributed by atoms with van der Waals surface area (Å²) in [6, 6.07) is 12.0. The van der Waals surface area contributed by atoms with Gasteiger partial charge in [0, 0.05) is 25.7 Å². The van der Waals surface area contributed by atoms with Gasteiger partial charge in [-0.15, -0.1) is 0 Å². The number of methoxy groups -OCH3 is 1. The van der Waals surface area contributed by atoms with Gasteiger partial charge in [0.2, 0.25) is 0 Å². The molecule has 0 aromatic heterocycles. The topological polar surface area (TPSA) is 30.9 Å². The fraction of sp³-hybridized carbons (Fsp3) is 0.368. The number of benzene rings is 2. The van der Waals surface area contributed by atoms with E-state index in [4.69, 9.17) is 25.8 Å². The molecule has 1 atom stereocenters. The Labute approximate surface area is 152 Å². The number of halogens is 2. The Morgan fingerprint density at radius 3 is 2.92 bits per heavy atom. The van der Waals surface area contributed by atoms with Crippen LogP contribution in [0.25, 0.3) is 0 Å². The highest BCUT2D eigenvalue weighted by molar-refractivity contribution is 6.32. The largest absolute Gasteiger partial charge is 0.495 e. The number of hydrogen-bond acceptors (Lipinski definition) is 4. The lowest BCUT2D eigenvalue weighted by atomic mass is 10.2. The third kappa shape index (κ3) is 5.08. The summed E-state index contributed by atoms with van der Waals surface area (Å²) in [4.78, 5) is 2.29.